The number of hydrogen-bond acceptors (Lipinski definition) is 7. The summed E-state index contributed by atoms with van der Waals surface area (Å²) in [6, 6.07) is 14.0. The summed E-state index contributed by atoms with van der Waals surface area (Å²) in [6.07, 6.45) is 1.19. The van der Waals surface area contributed by atoms with Crippen molar-refractivity contribution in [3.63, 3.8) is 0 Å². The second-order valence-corrected chi connectivity index (χ2v) is 11.7. The van der Waals surface area contributed by atoms with E-state index in [0.717, 1.165) is 11.1 Å². The SMILES string of the molecule is COc1cc(-c2cccc(-c3cccc(NC(=O)C4=CN(C)C5OC5N(C)C4=O)c3C)c2Cl)cc(F)c1CN[C@@H]1CNC(=O)C1. The zero-order valence-electron chi connectivity index (χ0n) is 25.2. The van der Waals surface area contributed by atoms with Crippen molar-refractivity contribution in [2.24, 2.45) is 0 Å². The van der Waals surface area contributed by atoms with Crippen LogP contribution in [0.3, 0.4) is 0 Å². The second kappa shape index (κ2) is 12.2. The summed E-state index contributed by atoms with van der Waals surface area (Å²) in [5.74, 6) is -1.09. The number of likely N-dealkylation sites (N-methyl/N-ethyl adjacent to an activating group) is 2. The number of ether oxygens (including phenoxy) is 2. The maximum atomic E-state index is 15.5. The lowest BCUT2D eigenvalue weighted by Gasteiger charge is -2.18. The third-order valence-corrected chi connectivity index (χ3v) is 8.87. The topological polar surface area (TPSA) is 116 Å². The third kappa shape index (κ3) is 5.86. The van der Waals surface area contributed by atoms with Crippen molar-refractivity contribution in [2.45, 2.75) is 38.4 Å². The molecule has 2 fully saturated rings. The van der Waals surface area contributed by atoms with Crippen LogP contribution in [0.1, 0.15) is 17.5 Å². The molecule has 45 heavy (non-hydrogen) atoms. The molecule has 12 heteroatoms. The Balaban J connectivity index is 1.27. The van der Waals surface area contributed by atoms with Crippen LogP contribution in [-0.4, -0.2) is 73.8 Å². The summed E-state index contributed by atoms with van der Waals surface area (Å²) < 4.78 is 26.5. The van der Waals surface area contributed by atoms with Crippen molar-refractivity contribution in [2.75, 3.05) is 33.1 Å². The molecular formula is C33H33ClFN5O5. The number of carbonyl (C=O) groups is 3. The number of anilines is 1. The molecule has 0 aromatic heterocycles. The number of benzene rings is 3. The molecular weight excluding hydrogens is 601 g/mol. The smallest absolute Gasteiger partial charge is 0.262 e. The Kier molecular flexibility index (Phi) is 8.25. The fourth-order valence-corrected chi connectivity index (χ4v) is 6.14. The normalized spacial score (nSPS) is 20.8. The van der Waals surface area contributed by atoms with Crippen LogP contribution in [0.15, 0.2) is 60.3 Å². The number of epoxide rings is 1. The number of hydrogen-bond donors (Lipinski definition) is 3. The molecule has 3 atom stereocenters. The van der Waals surface area contributed by atoms with Crippen LogP contribution in [0, 0.1) is 12.7 Å². The number of methoxy groups -OCH3 is 1. The minimum Gasteiger partial charge on any atom is -0.496 e. The average Bonchev–Trinajstić information content (AvgIpc) is 3.74. The molecule has 3 heterocycles. The quantitative estimate of drug-likeness (QED) is 0.254. The van der Waals surface area contributed by atoms with E-state index in [4.69, 9.17) is 21.1 Å². The Morgan fingerprint density at radius 2 is 1.84 bits per heavy atom. The van der Waals surface area contributed by atoms with Gasteiger partial charge < -0.3 is 35.2 Å². The first-order chi connectivity index (χ1) is 21.6. The fourth-order valence-electron chi connectivity index (χ4n) is 5.80. The zero-order valence-corrected chi connectivity index (χ0v) is 26.0. The van der Waals surface area contributed by atoms with E-state index >= 15 is 4.39 Å². The molecule has 0 aliphatic carbocycles. The molecule has 234 valence electrons. The molecule has 3 N–H and O–H groups in total. The number of fused-ring (bicyclic) bond motifs is 1. The minimum atomic E-state index is -0.534. The average molecular weight is 634 g/mol. The minimum absolute atomic E-state index is 0.00338. The van der Waals surface area contributed by atoms with Crippen LogP contribution in [0.25, 0.3) is 22.3 Å². The lowest BCUT2D eigenvalue weighted by atomic mass is 9.94. The highest BCUT2D eigenvalue weighted by molar-refractivity contribution is 6.36. The Morgan fingerprint density at radius 3 is 2.58 bits per heavy atom. The Labute approximate surface area is 265 Å². The van der Waals surface area contributed by atoms with Crippen molar-refractivity contribution < 1.29 is 28.2 Å². The number of amides is 3. The van der Waals surface area contributed by atoms with Crippen LogP contribution in [0.2, 0.25) is 5.02 Å². The van der Waals surface area contributed by atoms with E-state index in [-0.39, 0.29) is 36.5 Å². The molecule has 3 aliphatic rings. The van der Waals surface area contributed by atoms with Gasteiger partial charge in [0.1, 0.15) is 17.1 Å². The molecule has 6 rings (SSSR count). The summed E-state index contributed by atoms with van der Waals surface area (Å²) in [5.41, 5.74) is 4.21. The predicted octanol–water partition coefficient (Wildman–Crippen LogP) is 4.02. The molecule has 10 nitrogen and oxygen atoms in total. The Hall–Kier alpha value is -4.45. The second-order valence-electron chi connectivity index (χ2n) is 11.4. The van der Waals surface area contributed by atoms with E-state index in [9.17, 15) is 14.4 Å². The van der Waals surface area contributed by atoms with Gasteiger partial charge in [-0.25, -0.2) is 4.39 Å². The zero-order chi connectivity index (χ0) is 32.0. The van der Waals surface area contributed by atoms with Crippen molar-refractivity contribution in [3.8, 4) is 28.0 Å². The number of nitrogens with one attached hydrogen (secondary N) is 3. The first-order valence-corrected chi connectivity index (χ1v) is 14.9. The molecule has 3 aliphatic heterocycles. The van der Waals surface area contributed by atoms with E-state index in [0.29, 0.717) is 51.7 Å². The summed E-state index contributed by atoms with van der Waals surface area (Å²) in [7, 11) is 4.85. The van der Waals surface area contributed by atoms with Gasteiger partial charge in [-0.1, -0.05) is 41.9 Å². The van der Waals surface area contributed by atoms with Crippen LogP contribution in [0.5, 0.6) is 5.75 Å². The molecule has 0 saturated carbocycles. The summed E-state index contributed by atoms with van der Waals surface area (Å²) in [5, 5.41) is 9.26. The third-order valence-electron chi connectivity index (χ3n) is 8.46. The molecule has 3 amide bonds. The monoisotopic (exact) mass is 633 g/mol. The van der Waals surface area contributed by atoms with Crippen LogP contribution >= 0.6 is 11.6 Å². The summed E-state index contributed by atoms with van der Waals surface area (Å²) >= 11 is 6.99. The van der Waals surface area contributed by atoms with Gasteiger partial charge in [0.15, 0.2) is 12.5 Å². The van der Waals surface area contributed by atoms with E-state index in [1.807, 2.05) is 25.1 Å². The van der Waals surface area contributed by atoms with Gasteiger partial charge in [0, 0.05) is 68.2 Å². The van der Waals surface area contributed by atoms with E-state index in [2.05, 4.69) is 16.0 Å². The highest BCUT2D eigenvalue weighted by Crippen LogP contribution is 2.41. The highest BCUT2D eigenvalue weighted by atomic mass is 35.5. The number of carbonyl (C=O) groups excluding carboxylic acids is 3. The fraction of sp³-hybridized carbons (Fsp3) is 0.303. The molecule has 2 saturated heterocycles. The van der Waals surface area contributed by atoms with Gasteiger partial charge in [-0.3, -0.25) is 14.4 Å². The van der Waals surface area contributed by atoms with Crippen LogP contribution in [0.4, 0.5) is 10.1 Å². The number of rotatable bonds is 8. The van der Waals surface area contributed by atoms with Gasteiger partial charge in [-0.15, -0.1) is 0 Å². The van der Waals surface area contributed by atoms with Crippen LogP contribution < -0.4 is 20.7 Å². The van der Waals surface area contributed by atoms with Crippen molar-refractivity contribution in [1.82, 2.24) is 20.4 Å². The molecule has 3 aromatic rings. The Morgan fingerprint density at radius 1 is 1.11 bits per heavy atom. The maximum Gasteiger partial charge on any atom is 0.262 e. The molecule has 0 radical (unpaired) electrons. The van der Waals surface area contributed by atoms with E-state index in [1.54, 1.807) is 43.3 Å². The standard InChI is InChI=1S/C33H33ClFN5O5/c1-17-20(7-6-10-26(17)38-30(42)24-16-39(2)32-33(45-32)40(3)31(24)43)22-9-5-8-21(29(22)34)18-11-25(35)23(27(12-18)44-4)15-36-19-13-28(41)37-14-19/h5-12,16,19,32-33,36H,13-15H2,1-4H3,(H,37,41)(H,38,42)/t19-,32?,33?/m0/s1. The predicted molar refractivity (Wildman–Crippen MR) is 168 cm³/mol. The largest absolute Gasteiger partial charge is 0.496 e. The number of nitrogens with zero attached hydrogens (tertiary/aromatic N) is 2. The Bertz CT molecular complexity index is 1750. The van der Waals surface area contributed by atoms with E-state index < -0.39 is 17.6 Å². The first-order valence-electron chi connectivity index (χ1n) is 14.5. The molecule has 0 bridgehead atoms. The number of halogens is 2. The van der Waals surface area contributed by atoms with Gasteiger partial charge in [-0.05, 0) is 41.8 Å². The lowest BCUT2D eigenvalue weighted by Crippen LogP contribution is -2.34. The maximum absolute atomic E-state index is 15.5. The summed E-state index contributed by atoms with van der Waals surface area (Å²) in [6.45, 7) is 2.55. The molecule has 2 unspecified atom stereocenters. The van der Waals surface area contributed by atoms with Gasteiger partial charge in [0.2, 0.25) is 5.91 Å². The van der Waals surface area contributed by atoms with E-state index in [1.165, 1.54) is 24.3 Å². The molecule has 3 aromatic carbocycles. The molecule has 0 spiro atoms. The van der Waals surface area contributed by atoms with Crippen molar-refractivity contribution in [1.29, 1.82) is 0 Å². The van der Waals surface area contributed by atoms with Gasteiger partial charge in [0.25, 0.3) is 11.8 Å². The first kappa shape index (κ1) is 30.6. The lowest BCUT2D eigenvalue weighted by molar-refractivity contribution is -0.129. The van der Waals surface area contributed by atoms with Gasteiger partial charge in [-0.2, -0.15) is 0 Å². The van der Waals surface area contributed by atoms with Crippen molar-refractivity contribution in [3.05, 3.63) is 82.3 Å². The van der Waals surface area contributed by atoms with Gasteiger partial charge in [0.05, 0.1) is 12.1 Å². The van der Waals surface area contributed by atoms with Crippen LogP contribution in [-0.2, 0) is 25.7 Å². The van der Waals surface area contributed by atoms with Crippen molar-refractivity contribution >= 4 is 35.0 Å². The van der Waals surface area contributed by atoms with Gasteiger partial charge >= 0.3 is 0 Å². The highest BCUT2D eigenvalue weighted by Gasteiger charge is 2.50. The summed E-state index contributed by atoms with van der Waals surface area (Å²) in [4.78, 5) is 40.9.